The number of rotatable bonds is 6. The Morgan fingerprint density at radius 3 is 2.09 bits per heavy atom. The van der Waals surface area contributed by atoms with Crippen molar-refractivity contribution in [2.75, 3.05) is 14.2 Å². The van der Waals surface area contributed by atoms with Gasteiger partial charge in [-0.3, -0.25) is 14.5 Å². The third-order valence-corrected chi connectivity index (χ3v) is 6.69. The molecule has 7 heteroatoms. The number of nitrogens with zero attached hydrogens (tertiary/aromatic N) is 2. The first-order valence-corrected chi connectivity index (χ1v) is 11.1. The van der Waals surface area contributed by atoms with Crippen LogP contribution in [0.15, 0.2) is 72.9 Å². The maximum atomic E-state index is 12.6. The maximum Gasteiger partial charge on any atom is 0.261 e. The number of thiazole rings is 1. The molecule has 164 valence electrons. The second-order valence-electron chi connectivity index (χ2n) is 7.54. The van der Waals surface area contributed by atoms with E-state index < -0.39 is 0 Å². The molecule has 6 nitrogen and oxygen atoms in total. The van der Waals surface area contributed by atoms with Gasteiger partial charge in [0.1, 0.15) is 5.01 Å². The lowest BCUT2D eigenvalue weighted by Gasteiger charge is -2.14. The van der Waals surface area contributed by atoms with Gasteiger partial charge in [0, 0.05) is 11.8 Å². The average Bonchev–Trinajstić information content (AvgIpc) is 3.44. The summed E-state index contributed by atoms with van der Waals surface area (Å²) in [4.78, 5) is 32.1. The van der Waals surface area contributed by atoms with Crippen LogP contribution in [-0.2, 0) is 6.54 Å². The largest absolute Gasteiger partial charge is 0.493 e. The Morgan fingerprint density at radius 2 is 1.45 bits per heavy atom. The highest BCUT2D eigenvalue weighted by molar-refractivity contribution is 7.18. The van der Waals surface area contributed by atoms with Gasteiger partial charge < -0.3 is 9.47 Å². The van der Waals surface area contributed by atoms with Crippen molar-refractivity contribution < 1.29 is 19.1 Å². The summed E-state index contributed by atoms with van der Waals surface area (Å²) in [6.45, 7) is 0.237. The smallest absolute Gasteiger partial charge is 0.261 e. The molecule has 4 aromatic rings. The van der Waals surface area contributed by atoms with Gasteiger partial charge in [0.25, 0.3) is 11.8 Å². The Morgan fingerprint density at radius 1 is 0.818 bits per heavy atom. The standard InChI is InChI=1S/C26H20N2O4S/c1-31-21-12-11-18(13-22(21)32-2)23-14-27-24(33-23)17-9-7-16(8-10-17)15-28-25(29)19-5-3-4-6-20(19)26(28)30/h3-14H,15H2,1-2H3. The topological polar surface area (TPSA) is 68.7 Å². The lowest BCUT2D eigenvalue weighted by Crippen LogP contribution is -2.29. The zero-order chi connectivity index (χ0) is 22.9. The molecule has 33 heavy (non-hydrogen) atoms. The van der Waals surface area contributed by atoms with E-state index in [1.165, 1.54) is 4.90 Å². The molecule has 0 saturated carbocycles. The van der Waals surface area contributed by atoms with E-state index in [0.717, 1.165) is 26.6 Å². The van der Waals surface area contributed by atoms with Gasteiger partial charge >= 0.3 is 0 Å². The fraction of sp³-hybridized carbons (Fsp3) is 0.115. The van der Waals surface area contributed by atoms with E-state index in [1.54, 1.807) is 49.8 Å². The molecule has 2 amide bonds. The molecule has 0 spiro atoms. The number of aromatic nitrogens is 1. The van der Waals surface area contributed by atoms with E-state index in [0.29, 0.717) is 22.6 Å². The first kappa shape index (κ1) is 20.9. The fourth-order valence-corrected chi connectivity index (χ4v) is 4.77. The normalized spacial score (nSPS) is 12.7. The number of benzene rings is 3. The highest BCUT2D eigenvalue weighted by Gasteiger charge is 2.34. The Labute approximate surface area is 195 Å². The van der Waals surface area contributed by atoms with E-state index in [2.05, 4.69) is 4.98 Å². The van der Waals surface area contributed by atoms with Gasteiger partial charge in [0.05, 0.1) is 36.8 Å². The number of hydrogen-bond donors (Lipinski definition) is 0. The first-order chi connectivity index (χ1) is 16.1. The average molecular weight is 457 g/mol. The maximum absolute atomic E-state index is 12.6. The third kappa shape index (κ3) is 3.76. The van der Waals surface area contributed by atoms with Crippen molar-refractivity contribution in [3.05, 3.63) is 89.6 Å². The molecule has 3 aromatic carbocycles. The van der Waals surface area contributed by atoms with Crippen LogP contribution in [0.3, 0.4) is 0 Å². The Bertz CT molecular complexity index is 1330. The lowest BCUT2D eigenvalue weighted by atomic mass is 10.1. The van der Waals surface area contributed by atoms with Crippen molar-refractivity contribution in [1.29, 1.82) is 0 Å². The molecule has 0 N–H and O–H groups in total. The molecule has 2 heterocycles. The van der Waals surface area contributed by atoms with Crippen LogP contribution in [0.25, 0.3) is 21.0 Å². The van der Waals surface area contributed by atoms with Crippen molar-refractivity contribution in [2.45, 2.75) is 6.54 Å². The number of amides is 2. The second-order valence-corrected chi connectivity index (χ2v) is 8.57. The SMILES string of the molecule is COc1ccc(-c2cnc(-c3ccc(CN4C(=O)c5ccccc5C4=O)cc3)s2)cc1OC. The summed E-state index contributed by atoms with van der Waals surface area (Å²) in [7, 11) is 3.23. The molecule has 0 aliphatic carbocycles. The fourth-order valence-electron chi connectivity index (χ4n) is 3.85. The summed E-state index contributed by atoms with van der Waals surface area (Å²) in [6, 6.07) is 20.5. The van der Waals surface area contributed by atoms with Gasteiger partial charge in [-0.25, -0.2) is 4.98 Å². The summed E-state index contributed by atoms with van der Waals surface area (Å²) in [5.41, 5.74) is 3.77. The molecule has 1 aliphatic heterocycles. The number of carbonyl (C=O) groups excluding carboxylic acids is 2. The Hall–Kier alpha value is -3.97. The molecule has 0 bridgehead atoms. The summed E-state index contributed by atoms with van der Waals surface area (Å²) in [6.07, 6.45) is 1.84. The minimum absolute atomic E-state index is 0.237. The first-order valence-electron chi connectivity index (χ1n) is 10.3. The number of imide groups is 1. The van der Waals surface area contributed by atoms with E-state index in [1.807, 2.05) is 48.7 Å². The highest BCUT2D eigenvalue weighted by Crippen LogP contribution is 2.37. The quantitative estimate of drug-likeness (QED) is 0.369. The molecular formula is C26H20N2O4S. The van der Waals surface area contributed by atoms with Crippen LogP contribution in [0.2, 0.25) is 0 Å². The summed E-state index contributed by atoms with van der Waals surface area (Å²) < 4.78 is 10.7. The summed E-state index contributed by atoms with van der Waals surface area (Å²) >= 11 is 1.58. The summed E-state index contributed by atoms with van der Waals surface area (Å²) in [5.74, 6) is 0.848. The number of ether oxygens (including phenoxy) is 2. The molecule has 0 fully saturated rings. The van der Waals surface area contributed by atoms with Crippen LogP contribution in [0, 0.1) is 0 Å². The Balaban J connectivity index is 1.34. The zero-order valence-electron chi connectivity index (χ0n) is 18.1. The third-order valence-electron chi connectivity index (χ3n) is 5.59. The van der Waals surface area contributed by atoms with E-state index in [-0.39, 0.29) is 18.4 Å². The molecule has 1 aliphatic rings. The van der Waals surface area contributed by atoms with Crippen LogP contribution in [0.1, 0.15) is 26.3 Å². The predicted octanol–water partition coefficient (Wildman–Crippen LogP) is 5.29. The van der Waals surface area contributed by atoms with Crippen molar-refractivity contribution in [3.63, 3.8) is 0 Å². The predicted molar refractivity (Wildman–Crippen MR) is 127 cm³/mol. The molecule has 0 radical (unpaired) electrons. The number of hydrogen-bond acceptors (Lipinski definition) is 6. The monoisotopic (exact) mass is 456 g/mol. The number of methoxy groups -OCH3 is 2. The van der Waals surface area contributed by atoms with Crippen molar-refractivity contribution >= 4 is 23.2 Å². The van der Waals surface area contributed by atoms with E-state index in [9.17, 15) is 9.59 Å². The molecule has 0 atom stereocenters. The van der Waals surface area contributed by atoms with Crippen molar-refractivity contribution in [2.24, 2.45) is 0 Å². The zero-order valence-corrected chi connectivity index (χ0v) is 18.9. The van der Waals surface area contributed by atoms with Crippen LogP contribution in [0.5, 0.6) is 11.5 Å². The van der Waals surface area contributed by atoms with Crippen LogP contribution < -0.4 is 9.47 Å². The molecule has 5 rings (SSSR count). The number of fused-ring (bicyclic) bond motifs is 1. The van der Waals surface area contributed by atoms with Crippen LogP contribution in [0.4, 0.5) is 0 Å². The lowest BCUT2D eigenvalue weighted by molar-refractivity contribution is 0.0642. The van der Waals surface area contributed by atoms with Gasteiger partial charge in [0.15, 0.2) is 11.5 Å². The summed E-state index contributed by atoms with van der Waals surface area (Å²) in [5, 5.41) is 0.882. The number of carbonyl (C=O) groups is 2. The van der Waals surface area contributed by atoms with Crippen LogP contribution >= 0.6 is 11.3 Å². The van der Waals surface area contributed by atoms with Gasteiger partial charge in [-0.1, -0.05) is 36.4 Å². The molecule has 1 aromatic heterocycles. The van der Waals surface area contributed by atoms with Gasteiger partial charge in [-0.05, 0) is 41.5 Å². The van der Waals surface area contributed by atoms with Gasteiger partial charge in [0.2, 0.25) is 0 Å². The second kappa shape index (κ2) is 8.52. The van der Waals surface area contributed by atoms with Gasteiger partial charge in [-0.15, -0.1) is 11.3 Å². The minimum Gasteiger partial charge on any atom is -0.493 e. The van der Waals surface area contributed by atoms with Crippen molar-refractivity contribution in [1.82, 2.24) is 9.88 Å². The molecule has 0 unspecified atom stereocenters. The van der Waals surface area contributed by atoms with Crippen LogP contribution in [-0.4, -0.2) is 35.9 Å². The van der Waals surface area contributed by atoms with Crippen molar-refractivity contribution in [3.8, 4) is 32.5 Å². The minimum atomic E-state index is -0.251. The van der Waals surface area contributed by atoms with E-state index in [4.69, 9.17) is 9.47 Å². The Kier molecular flexibility index (Phi) is 5.40. The molecule has 0 saturated heterocycles. The van der Waals surface area contributed by atoms with E-state index >= 15 is 0 Å². The molecular weight excluding hydrogens is 436 g/mol. The van der Waals surface area contributed by atoms with Gasteiger partial charge in [-0.2, -0.15) is 0 Å². The highest BCUT2D eigenvalue weighted by atomic mass is 32.1.